The van der Waals surface area contributed by atoms with Crippen molar-refractivity contribution in [1.29, 1.82) is 0 Å². The standard InChI is InChI=1S/C20H15FN4O/c1-24(19-10-8-14-5-2-3-6-17(14)23-19)20(26)15-7-9-18(16(21)13-15)25-12-4-11-22-25/h2-13H,1H3. The first-order valence-corrected chi connectivity index (χ1v) is 8.07. The van der Waals surface area contributed by atoms with E-state index in [1.807, 2.05) is 30.3 Å². The highest BCUT2D eigenvalue weighted by Gasteiger charge is 2.17. The summed E-state index contributed by atoms with van der Waals surface area (Å²) in [7, 11) is 1.62. The van der Waals surface area contributed by atoms with Gasteiger partial charge in [0.1, 0.15) is 17.3 Å². The lowest BCUT2D eigenvalue weighted by atomic mass is 10.1. The topological polar surface area (TPSA) is 51.0 Å². The number of para-hydroxylation sites is 1. The molecule has 0 aliphatic rings. The Kier molecular flexibility index (Phi) is 3.93. The Bertz CT molecular complexity index is 1090. The van der Waals surface area contributed by atoms with Crippen LogP contribution in [0.5, 0.6) is 0 Å². The van der Waals surface area contributed by atoms with Crippen molar-refractivity contribution in [3.8, 4) is 5.69 Å². The number of hydrogen-bond acceptors (Lipinski definition) is 3. The molecule has 26 heavy (non-hydrogen) atoms. The maximum atomic E-state index is 14.4. The average Bonchev–Trinajstić information content (AvgIpc) is 3.20. The van der Waals surface area contributed by atoms with Crippen molar-refractivity contribution in [2.24, 2.45) is 0 Å². The predicted molar refractivity (Wildman–Crippen MR) is 98.0 cm³/mol. The van der Waals surface area contributed by atoms with Gasteiger partial charge in [0, 0.05) is 30.4 Å². The summed E-state index contributed by atoms with van der Waals surface area (Å²) in [6.07, 6.45) is 3.21. The zero-order valence-corrected chi connectivity index (χ0v) is 14.0. The molecule has 4 aromatic rings. The van der Waals surface area contributed by atoms with Crippen LogP contribution in [0.3, 0.4) is 0 Å². The number of hydrogen-bond donors (Lipinski definition) is 0. The Labute approximate surface area is 149 Å². The molecule has 0 bridgehead atoms. The van der Waals surface area contributed by atoms with Crippen LogP contribution in [0.25, 0.3) is 16.6 Å². The van der Waals surface area contributed by atoms with Crippen molar-refractivity contribution in [2.75, 3.05) is 11.9 Å². The molecule has 0 aliphatic carbocycles. The molecule has 2 heterocycles. The van der Waals surface area contributed by atoms with E-state index in [9.17, 15) is 9.18 Å². The second-order valence-electron chi connectivity index (χ2n) is 5.84. The van der Waals surface area contributed by atoms with Crippen LogP contribution in [0, 0.1) is 5.82 Å². The summed E-state index contributed by atoms with van der Waals surface area (Å²) in [5, 5.41) is 5.00. The van der Waals surface area contributed by atoms with E-state index in [1.54, 1.807) is 37.6 Å². The van der Waals surface area contributed by atoms with E-state index in [4.69, 9.17) is 0 Å². The van der Waals surface area contributed by atoms with E-state index in [2.05, 4.69) is 10.1 Å². The fourth-order valence-corrected chi connectivity index (χ4v) is 2.78. The second kappa shape index (κ2) is 6.40. The van der Waals surface area contributed by atoms with Crippen molar-refractivity contribution in [3.05, 3.63) is 84.4 Å². The first kappa shape index (κ1) is 16.0. The van der Waals surface area contributed by atoms with Gasteiger partial charge >= 0.3 is 0 Å². The fourth-order valence-electron chi connectivity index (χ4n) is 2.78. The molecule has 0 atom stereocenters. The molecule has 4 rings (SSSR count). The van der Waals surface area contributed by atoms with E-state index in [0.29, 0.717) is 5.82 Å². The van der Waals surface area contributed by atoms with Gasteiger partial charge in [-0.25, -0.2) is 14.1 Å². The van der Waals surface area contributed by atoms with E-state index in [-0.39, 0.29) is 17.2 Å². The van der Waals surface area contributed by atoms with Gasteiger partial charge in [-0.05, 0) is 42.5 Å². The molecular formula is C20H15FN4O. The van der Waals surface area contributed by atoms with Gasteiger partial charge in [-0.3, -0.25) is 9.69 Å². The largest absolute Gasteiger partial charge is 0.296 e. The smallest absolute Gasteiger partial charge is 0.259 e. The number of aromatic nitrogens is 3. The number of benzene rings is 2. The molecular weight excluding hydrogens is 331 g/mol. The number of amides is 1. The zero-order valence-electron chi connectivity index (χ0n) is 14.0. The lowest BCUT2D eigenvalue weighted by Gasteiger charge is -2.17. The third-order valence-electron chi connectivity index (χ3n) is 4.18. The summed E-state index contributed by atoms with van der Waals surface area (Å²) in [4.78, 5) is 18.6. The third-order valence-corrected chi connectivity index (χ3v) is 4.18. The van der Waals surface area contributed by atoms with Crippen molar-refractivity contribution in [3.63, 3.8) is 0 Å². The quantitative estimate of drug-likeness (QED) is 0.566. The van der Waals surface area contributed by atoms with Gasteiger partial charge in [0.25, 0.3) is 5.91 Å². The Morgan fingerprint density at radius 2 is 1.92 bits per heavy atom. The van der Waals surface area contributed by atoms with Crippen LogP contribution in [0.1, 0.15) is 10.4 Å². The van der Waals surface area contributed by atoms with Gasteiger partial charge in [0.15, 0.2) is 0 Å². The molecule has 1 amide bonds. The monoisotopic (exact) mass is 346 g/mol. The van der Waals surface area contributed by atoms with E-state index in [1.165, 1.54) is 21.7 Å². The highest BCUT2D eigenvalue weighted by atomic mass is 19.1. The van der Waals surface area contributed by atoms with Crippen molar-refractivity contribution in [2.45, 2.75) is 0 Å². The van der Waals surface area contributed by atoms with Crippen LogP contribution < -0.4 is 4.90 Å². The highest BCUT2D eigenvalue weighted by molar-refractivity contribution is 6.05. The number of anilines is 1. The van der Waals surface area contributed by atoms with Gasteiger partial charge < -0.3 is 0 Å². The number of halogens is 1. The minimum atomic E-state index is -0.514. The summed E-state index contributed by atoms with van der Waals surface area (Å²) in [5.74, 6) is -0.344. The van der Waals surface area contributed by atoms with Gasteiger partial charge in [0.2, 0.25) is 0 Å². The molecule has 0 saturated carbocycles. The van der Waals surface area contributed by atoms with E-state index >= 15 is 0 Å². The molecule has 0 N–H and O–H groups in total. The summed E-state index contributed by atoms with van der Waals surface area (Å²) < 4.78 is 15.8. The van der Waals surface area contributed by atoms with Gasteiger partial charge in [-0.15, -0.1) is 0 Å². The number of nitrogens with zero attached hydrogens (tertiary/aromatic N) is 4. The SMILES string of the molecule is CN(C(=O)c1ccc(-n2cccn2)c(F)c1)c1ccc2ccccc2n1. The molecule has 5 nitrogen and oxygen atoms in total. The number of carbonyl (C=O) groups is 1. The maximum absolute atomic E-state index is 14.4. The van der Waals surface area contributed by atoms with Crippen LogP contribution in [0.2, 0.25) is 0 Å². The summed E-state index contributed by atoms with van der Waals surface area (Å²) in [6.45, 7) is 0. The van der Waals surface area contributed by atoms with Crippen molar-refractivity contribution >= 4 is 22.6 Å². The normalized spacial score (nSPS) is 10.8. The van der Waals surface area contributed by atoms with Crippen LogP contribution >= 0.6 is 0 Å². The van der Waals surface area contributed by atoms with Crippen LogP contribution in [0.15, 0.2) is 73.1 Å². The predicted octanol–water partition coefficient (Wildman–Crippen LogP) is 3.84. The van der Waals surface area contributed by atoms with E-state index in [0.717, 1.165) is 10.9 Å². The first-order valence-electron chi connectivity index (χ1n) is 8.07. The summed E-state index contributed by atoms with van der Waals surface area (Å²) in [5.41, 5.74) is 1.33. The van der Waals surface area contributed by atoms with Gasteiger partial charge in [-0.1, -0.05) is 18.2 Å². The lowest BCUT2D eigenvalue weighted by molar-refractivity contribution is 0.0992. The number of pyridine rings is 1. The Morgan fingerprint density at radius 3 is 2.69 bits per heavy atom. The average molecular weight is 346 g/mol. The molecule has 128 valence electrons. The minimum absolute atomic E-state index is 0.246. The van der Waals surface area contributed by atoms with Crippen molar-refractivity contribution in [1.82, 2.24) is 14.8 Å². The Morgan fingerprint density at radius 1 is 1.08 bits per heavy atom. The fraction of sp³-hybridized carbons (Fsp3) is 0.0500. The van der Waals surface area contributed by atoms with E-state index < -0.39 is 5.82 Å². The number of carbonyl (C=O) groups excluding carboxylic acids is 1. The molecule has 6 heteroatoms. The maximum Gasteiger partial charge on any atom is 0.259 e. The molecule has 0 unspecified atom stereocenters. The van der Waals surface area contributed by atoms with Crippen LogP contribution in [0.4, 0.5) is 10.2 Å². The summed E-state index contributed by atoms with van der Waals surface area (Å²) >= 11 is 0. The molecule has 0 fully saturated rings. The Balaban J connectivity index is 1.64. The number of rotatable bonds is 3. The Hall–Kier alpha value is -3.54. The third kappa shape index (κ3) is 2.82. The second-order valence-corrected chi connectivity index (χ2v) is 5.84. The summed E-state index contributed by atoms with van der Waals surface area (Å²) in [6, 6.07) is 17.4. The number of fused-ring (bicyclic) bond motifs is 1. The molecule has 0 radical (unpaired) electrons. The lowest BCUT2D eigenvalue weighted by Crippen LogP contribution is -2.27. The van der Waals surface area contributed by atoms with Crippen LogP contribution in [-0.4, -0.2) is 27.7 Å². The first-order chi connectivity index (χ1) is 12.6. The molecule has 0 aliphatic heterocycles. The zero-order chi connectivity index (χ0) is 18.1. The molecule has 2 aromatic carbocycles. The highest BCUT2D eigenvalue weighted by Crippen LogP contribution is 2.20. The van der Waals surface area contributed by atoms with Crippen LogP contribution in [-0.2, 0) is 0 Å². The van der Waals surface area contributed by atoms with Gasteiger partial charge in [-0.2, -0.15) is 5.10 Å². The minimum Gasteiger partial charge on any atom is -0.296 e. The van der Waals surface area contributed by atoms with Crippen molar-refractivity contribution < 1.29 is 9.18 Å². The molecule has 0 saturated heterocycles. The molecule has 2 aromatic heterocycles. The molecule has 0 spiro atoms. The van der Waals surface area contributed by atoms with Gasteiger partial charge in [0.05, 0.1) is 5.52 Å².